The normalized spacial score (nSPS) is 20.9. The SMILES string of the molecule is CCOc1ccc(C2/C(=C(/O)c3ccc(F)cc3)C(=O)C(=O)N2CCN2CCOCC2)cc1. The Balaban J connectivity index is 1.71. The summed E-state index contributed by atoms with van der Waals surface area (Å²) in [5.41, 5.74) is 0.958. The van der Waals surface area contributed by atoms with Gasteiger partial charge in [-0.05, 0) is 48.9 Å². The highest BCUT2D eigenvalue weighted by atomic mass is 19.1. The standard InChI is InChI=1S/C25H27FN2O5/c1-2-33-20-9-5-17(6-10-20)22-21(23(29)18-3-7-19(26)8-4-18)24(30)25(31)28(22)12-11-27-13-15-32-16-14-27/h3-10,22,29H,2,11-16H2,1H3/b23-21-. The average molecular weight is 454 g/mol. The minimum atomic E-state index is -0.758. The van der Waals surface area contributed by atoms with Gasteiger partial charge in [0.25, 0.3) is 11.7 Å². The van der Waals surface area contributed by atoms with Gasteiger partial charge in [-0.15, -0.1) is 0 Å². The van der Waals surface area contributed by atoms with E-state index < -0.39 is 23.5 Å². The lowest BCUT2D eigenvalue weighted by molar-refractivity contribution is -0.140. The number of rotatable bonds is 7. The van der Waals surface area contributed by atoms with Crippen molar-refractivity contribution in [1.82, 2.24) is 9.80 Å². The molecule has 0 bridgehead atoms. The number of benzene rings is 2. The van der Waals surface area contributed by atoms with Gasteiger partial charge in [0.05, 0.1) is 31.4 Å². The maximum absolute atomic E-state index is 13.4. The Kier molecular flexibility index (Phi) is 7.05. The number of carbonyl (C=O) groups excluding carboxylic acids is 2. The third-order valence-corrected chi connectivity index (χ3v) is 5.93. The highest BCUT2D eigenvalue weighted by Crippen LogP contribution is 2.39. The third kappa shape index (κ3) is 4.91. The molecule has 33 heavy (non-hydrogen) atoms. The maximum atomic E-state index is 13.4. The second kappa shape index (κ2) is 10.1. The molecule has 7 nitrogen and oxygen atoms in total. The van der Waals surface area contributed by atoms with E-state index in [1.54, 1.807) is 24.3 Å². The summed E-state index contributed by atoms with van der Waals surface area (Å²) in [6.45, 7) is 6.08. The summed E-state index contributed by atoms with van der Waals surface area (Å²) in [7, 11) is 0. The Bertz CT molecular complexity index is 1030. The fourth-order valence-electron chi connectivity index (χ4n) is 4.21. The van der Waals surface area contributed by atoms with Crippen molar-refractivity contribution >= 4 is 17.4 Å². The van der Waals surface area contributed by atoms with Gasteiger partial charge in [-0.3, -0.25) is 14.5 Å². The van der Waals surface area contributed by atoms with Crippen molar-refractivity contribution in [1.29, 1.82) is 0 Å². The molecule has 4 rings (SSSR count). The first-order valence-electron chi connectivity index (χ1n) is 11.1. The van der Waals surface area contributed by atoms with Gasteiger partial charge in [0.1, 0.15) is 17.3 Å². The van der Waals surface area contributed by atoms with Crippen LogP contribution in [0.25, 0.3) is 5.76 Å². The van der Waals surface area contributed by atoms with Gasteiger partial charge >= 0.3 is 0 Å². The molecule has 2 aliphatic heterocycles. The van der Waals surface area contributed by atoms with E-state index in [4.69, 9.17) is 9.47 Å². The molecular formula is C25H27FN2O5. The Morgan fingerprint density at radius 2 is 1.73 bits per heavy atom. The van der Waals surface area contributed by atoms with Crippen LogP contribution >= 0.6 is 0 Å². The molecule has 2 aromatic rings. The van der Waals surface area contributed by atoms with Crippen LogP contribution in [0.2, 0.25) is 0 Å². The van der Waals surface area contributed by atoms with Crippen molar-refractivity contribution in [3.05, 3.63) is 71.0 Å². The highest BCUT2D eigenvalue weighted by molar-refractivity contribution is 6.46. The molecule has 1 unspecified atom stereocenters. The van der Waals surface area contributed by atoms with E-state index in [0.29, 0.717) is 44.2 Å². The largest absolute Gasteiger partial charge is 0.507 e. The van der Waals surface area contributed by atoms with Crippen LogP contribution in [0.3, 0.4) is 0 Å². The third-order valence-electron chi connectivity index (χ3n) is 5.93. The second-order valence-corrected chi connectivity index (χ2v) is 7.96. The first-order chi connectivity index (χ1) is 16.0. The van der Waals surface area contributed by atoms with Crippen molar-refractivity contribution in [2.75, 3.05) is 46.0 Å². The predicted octanol–water partition coefficient (Wildman–Crippen LogP) is 2.98. The lowest BCUT2D eigenvalue weighted by atomic mass is 9.95. The topological polar surface area (TPSA) is 79.3 Å². The average Bonchev–Trinajstić information content (AvgIpc) is 3.09. The summed E-state index contributed by atoms with van der Waals surface area (Å²) >= 11 is 0. The molecule has 1 atom stereocenters. The van der Waals surface area contributed by atoms with Gasteiger partial charge in [-0.25, -0.2) is 4.39 Å². The molecule has 0 saturated carbocycles. The molecule has 0 spiro atoms. The van der Waals surface area contributed by atoms with Crippen LogP contribution in [-0.4, -0.2) is 72.6 Å². The Labute approximate surface area is 192 Å². The molecule has 0 aliphatic carbocycles. The monoisotopic (exact) mass is 454 g/mol. The Morgan fingerprint density at radius 3 is 2.36 bits per heavy atom. The number of amides is 1. The summed E-state index contributed by atoms with van der Waals surface area (Å²) in [5, 5.41) is 11.0. The van der Waals surface area contributed by atoms with Crippen LogP contribution in [0.1, 0.15) is 24.1 Å². The van der Waals surface area contributed by atoms with Crippen LogP contribution < -0.4 is 4.74 Å². The number of ether oxygens (including phenoxy) is 2. The van der Waals surface area contributed by atoms with Crippen LogP contribution in [0.15, 0.2) is 54.1 Å². The molecule has 2 saturated heterocycles. The number of Topliss-reactive ketones (excluding diaryl/α,β-unsaturated/α-hetero) is 1. The lowest BCUT2D eigenvalue weighted by Crippen LogP contribution is -2.42. The maximum Gasteiger partial charge on any atom is 0.295 e. The van der Waals surface area contributed by atoms with Crippen molar-refractivity contribution in [3.8, 4) is 5.75 Å². The summed E-state index contributed by atoms with van der Waals surface area (Å²) in [6, 6.07) is 11.6. The zero-order valence-electron chi connectivity index (χ0n) is 18.5. The molecule has 1 amide bonds. The number of carbonyl (C=O) groups is 2. The van der Waals surface area contributed by atoms with Crippen molar-refractivity contribution in [3.63, 3.8) is 0 Å². The predicted molar refractivity (Wildman–Crippen MR) is 120 cm³/mol. The molecule has 8 heteroatoms. The quantitative estimate of drug-likeness (QED) is 0.394. The number of aliphatic hydroxyl groups is 1. The molecule has 0 aromatic heterocycles. The second-order valence-electron chi connectivity index (χ2n) is 7.96. The van der Waals surface area contributed by atoms with E-state index in [9.17, 15) is 19.1 Å². The van der Waals surface area contributed by atoms with Gasteiger partial charge < -0.3 is 19.5 Å². The minimum Gasteiger partial charge on any atom is -0.507 e. The summed E-state index contributed by atoms with van der Waals surface area (Å²) in [6.07, 6.45) is 0. The molecule has 2 heterocycles. The zero-order valence-corrected chi connectivity index (χ0v) is 18.5. The number of morpholine rings is 1. The van der Waals surface area contributed by atoms with Gasteiger partial charge in [0, 0.05) is 31.7 Å². The number of hydrogen-bond donors (Lipinski definition) is 1. The van der Waals surface area contributed by atoms with E-state index in [1.165, 1.54) is 29.2 Å². The van der Waals surface area contributed by atoms with E-state index in [1.807, 2.05) is 6.92 Å². The first kappa shape index (κ1) is 22.9. The number of hydrogen-bond acceptors (Lipinski definition) is 6. The van der Waals surface area contributed by atoms with E-state index in [-0.39, 0.29) is 16.9 Å². The number of halogens is 1. The molecule has 1 N–H and O–H groups in total. The number of nitrogens with zero attached hydrogens (tertiary/aromatic N) is 2. The first-order valence-corrected chi connectivity index (χ1v) is 11.1. The van der Waals surface area contributed by atoms with Crippen molar-refractivity contribution in [2.45, 2.75) is 13.0 Å². The number of aliphatic hydroxyl groups excluding tert-OH is 1. The molecule has 2 aromatic carbocycles. The fourth-order valence-corrected chi connectivity index (χ4v) is 4.21. The fraction of sp³-hybridized carbons (Fsp3) is 0.360. The summed E-state index contributed by atoms with van der Waals surface area (Å²) < 4.78 is 24.3. The molecule has 2 fully saturated rings. The molecule has 2 aliphatic rings. The van der Waals surface area contributed by atoms with Gasteiger partial charge in [0.15, 0.2) is 0 Å². The van der Waals surface area contributed by atoms with Gasteiger partial charge in [0.2, 0.25) is 0 Å². The van der Waals surface area contributed by atoms with Crippen LogP contribution in [0, 0.1) is 5.82 Å². The highest BCUT2D eigenvalue weighted by Gasteiger charge is 2.46. The van der Waals surface area contributed by atoms with Crippen molar-refractivity contribution < 1.29 is 28.6 Å². The van der Waals surface area contributed by atoms with Crippen molar-refractivity contribution in [2.24, 2.45) is 0 Å². The Hall–Kier alpha value is -3.23. The smallest absolute Gasteiger partial charge is 0.295 e. The lowest BCUT2D eigenvalue weighted by Gasteiger charge is -2.31. The Morgan fingerprint density at radius 1 is 1.06 bits per heavy atom. The minimum absolute atomic E-state index is 0.00209. The van der Waals surface area contributed by atoms with Gasteiger partial charge in [-0.2, -0.15) is 0 Å². The van der Waals surface area contributed by atoms with E-state index >= 15 is 0 Å². The van der Waals surface area contributed by atoms with Crippen LogP contribution in [0.4, 0.5) is 4.39 Å². The van der Waals surface area contributed by atoms with Crippen LogP contribution in [0.5, 0.6) is 5.75 Å². The number of likely N-dealkylation sites (tertiary alicyclic amines) is 1. The van der Waals surface area contributed by atoms with E-state index in [2.05, 4.69) is 4.90 Å². The summed E-state index contributed by atoms with van der Waals surface area (Å²) in [5.74, 6) is -1.52. The zero-order chi connectivity index (χ0) is 23.4. The molecule has 0 radical (unpaired) electrons. The van der Waals surface area contributed by atoms with Crippen LogP contribution in [-0.2, 0) is 14.3 Å². The summed E-state index contributed by atoms with van der Waals surface area (Å²) in [4.78, 5) is 29.8. The number of ketones is 1. The molecule has 174 valence electrons. The molecular weight excluding hydrogens is 427 g/mol. The van der Waals surface area contributed by atoms with Gasteiger partial charge in [-0.1, -0.05) is 12.1 Å². The van der Waals surface area contributed by atoms with E-state index in [0.717, 1.165) is 13.1 Å².